The number of nitrogens with zero attached hydrogens (tertiary/aromatic N) is 5. The Morgan fingerprint density at radius 3 is 2.71 bits per heavy atom. The van der Waals surface area contributed by atoms with E-state index in [-0.39, 0.29) is 23.6 Å². The van der Waals surface area contributed by atoms with E-state index in [2.05, 4.69) is 10.2 Å². The molecule has 0 aliphatic carbocycles. The van der Waals surface area contributed by atoms with Gasteiger partial charge in [-0.3, -0.25) is 23.9 Å². The molecule has 2 aromatic heterocycles. The maximum atomic E-state index is 14.0. The molecule has 0 saturated heterocycles. The highest BCUT2D eigenvalue weighted by Crippen LogP contribution is 2.24. The van der Waals surface area contributed by atoms with E-state index in [9.17, 15) is 19.3 Å². The fourth-order valence-corrected chi connectivity index (χ4v) is 3.01. The lowest BCUT2D eigenvalue weighted by atomic mass is 10.1. The van der Waals surface area contributed by atoms with Crippen molar-refractivity contribution in [2.75, 3.05) is 0 Å². The van der Waals surface area contributed by atoms with Gasteiger partial charge in [0.1, 0.15) is 6.61 Å². The zero-order chi connectivity index (χ0) is 20.0. The summed E-state index contributed by atoms with van der Waals surface area (Å²) in [5.41, 5.74) is 0.973. The SMILES string of the molecule is Cc1ccc2c(c1)c(=O)n(C)c1nnc(COc3ccc([N+](=O)[O-])cc3F)n21. The van der Waals surface area contributed by atoms with Crippen molar-refractivity contribution in [3.8, 4) is 5.75 Å². The number of rotatable bonds is 4. The van der Waals surface area contributed by atoms with Gasteiger partial charge in [0.15, 0.2) is 17.4 Å². The number of aryl methyl sites for hydroxylation is 2. The molecule has 9 nitrogen and oxygen atoms in total. The molecule has 0 atom stereocenters. The summed E-state index contributed by atoms with van der Waals surface area (Å²) in [5.74, 6) is -0.315. The van der Waals surface area contributed by atoms with Crippen LogP contribution in [-0.4, -0.2) is 24.1 Å². The number of hydrogen-bond acceptors (Lipinski definition) is 6. The first-order valence-electron chi connectivity index (χ1n) is 8.27. The minimum Gasteiger partial charge on any atom is -0.483 e. The summed E-state index contributed by atoms with van der Waals surface area (Å²) in [4.78, 5) is 22.6. The van der Waals surface area contributed by atoms with Gasteiger partial charge in [0.05, 0.1) is 21.9 Å². The Hall–Kier alpha value is -3.82. The Balaban J connectivity index is 1.77. The van der Waals surface area contributed by atoms with Crippen LogP contribution in [0.25, 0.3) is 16.7 Å². The van der Waals surface area contributed by atoms with E-state index in [1.54, 1.807) is 23.6 Å². The van der Waals surface area contributed by atoms with Crippen LogP contribution in [0, 0.1) is 22.9 Å². The molecule has 0 unspecified atom stereocenters. The average molecular weight is 383 g/mol. The molecule has 0 fully saturated rings. The number of fused-ring (bicyclic) bond motifs is 3. The minimum atomic E-state index is -0.851. The lowest BCUT2D eigenvalue weighted by Crippen LogP contribution is -2.20. The molecule has 0 saturated carbocycles. The highest BCUT2D eigenvalue weighted by molar-refractivity contribution is 5.81. The van der Waals surface area contributed by atoms with Crippen molar-refractivity contribution in [2.45, 2.75) is 13.5 Å². The molecule has 0 aliphatic heterocycles. The molecule has 0 spiro atoms. The van der Waals surface area contributed by atoms with Crippen LogP contribution in [0.3, 0.4) is 0 Å². The van der Waals surface area contributed by atoms with Crippen molar-refractivity contribution in [3.63, 3.8) is 0 Å². The Kier molecular flexibility index (Phi) is 4.03. The number of non-ortho nitro benzene ring substituents is 1. The molecule has 2 aromatic carbocycles. The predicted molar refractivity (Wildman–Crippen MR) is 97.9 cm³/mol. The van der Waals surface area contributed by atoms with E-state index in [1.807, 2.05) is 13.0 Å². The van der Waals surface area contributed by atoms with Gasteiger partial charge >= 0.3 is 0 Å². The number of hydrogen-bond donors (Lipinski definition) is 0. The first kappa shape index (κ1) is 17.6. The zero-order valence-corrected chi connectivity index (χ0v) is 14.9. The van der Waals surface area contributed by atoms with Crippen molar-refractivity contribution in [1.82, 2.24) is 19.2 Å². The van der Waals surface area contributed by atoms with Gasteiger partial charge in [-0.2, -0.15) is 0 Å². The Labute approximate surface area is 156 Å². The normalized spacial score (nSPS) is 11.2. The van der Waals surface area contributed by atoms with Gasteiger partial charge in [0.25, 0.3) is 11.2 Å². The summed E-state index contributed by atoms with van der Waals surface area (Å²) < 4.78 is 22.6. The molecular weight excluding hydrogens is 369 g/mol. The maximum Gasteiger partial charge on any atom is 0.272 e. The van der Waals surface area contributed by atoms with Crippen LogP contribution in [0.4, 0.5) is 10.1 Å². The molecule has 4 aromatic rings. The highest BCUT2D eigenvalue weighted by atomic mass is 19.1. The zero-order valence-electron chi connectivity index (χ0n) is 14.9. The van der Waals surface area contributed by atoms with Gasteiger partial charge in [-0.1, -0.05) is 11.6 Å². The fraction of sp³-hybridized carbons (Fsp3) is 0.167. The summed E-state index contributed by atoms with van der Waals surface area (Å²) in [6.07, 6.45) is 0. The van der Waals surface area contributed by atoms with Gasteiger partial charge in [0, 0.05) is 13.1 Å². The summed E-state index contributed by atoms with van der Waals surface area (Å²) in [6, 6.07) is 8.56. The van der Waals surface area contributed by atoms with Crippen molar-refractivity contribution in [2.24, 2.45) is 7.05 Å². The molecule has 0 radical (unpaired) electrons. The maximum absolute atomic E-state index is 14.0. The lowest BCUT2D eigenvalue weighted by Gasteiger charge is -2.10. The third-order valence-electron chi connectivity index (χ3n) is 4.42. The van der Waals surface area contributed by atoms with Crippen LogP contribution in [0.5, 0.6) is 5.75 Å². The van der Waals surface area contributed by atoms with Gasteiger partial charge in [-0.15, -0.1) is 10.2 Å². The standard InChI is InChI=1S/C18H14FN5O4/c1-10-3-5-14-12(7-10)17(25)22(2)18-21-20-16(23(14)18)9-28-15-6-4-11(24(26)27)8-13(15)19/h3-8H,9H2,1-2H3. The number of benzene rings is 2. The second-order valence-corrected chi connectivity index (χ2v) is 6.30. The topological polar surface area (TPSA) is 105 Å². The molecule has 0 amide bonds. The van der Waals surface area contributed by atoms with Crippen LogP contribution < -0.4 is 10.3 Å². The molecular formula is C18H14FN5O4. The molecule has 28 heavy (non-hydrogen) atoms. The first-order valence-corrected chi connectivity index (χ1v) is 8.27. The summed E-state index contributed by atoms with van der Waals surface area (Å²) in [6.45, 7) is 1.74. The van der Waals surface area contributed by atoms with Crippen LogP contribution >= 0.6 is 0 Å². The van der Waals surface area contributed by atoms with Crippen molar-refractivity contribution < 1.29 is 14.1 Å². The van der Waals surface area contributed by atoms with E-state index in [4.69, 9.17) is 4.74 Å². The largest absolute Gasteiger partial charge is 0.483 e. The smallest absolute Gasteiger partial charge is 0.272 e. The number of nitro benzene ring substituents is 1. The predicted octanol–water partition coefficient (Wildman–Crippen LogP) is 2.52. The molecule has 142 valence electrons. The molecule has 2 heterocycles. The van der Waals surface area contributed by atoms with Crippen LogP contribution in [0.2, 0.25) is 0 Å². The molecule has 0 bridgehead atoms. The highest BCUT2D eigenvalue weighted by Gasteiger charge is 2.17. The van der Waals surface area contributed by atoms with Crippen LogP contribution in [0.1, 0.15) is 11.4 Å². The third kappa shape index (κ3) is 2.75. The third-order valence-corrected chi connectivity index (χ3v) is 4.42. The Morgan fingerprint density at radius 1 is 1.21 bits per heavy atom. The number of ether oxygens (including phenoxy) is 1. The second-order valence-electron chi connectivity index (χ2n) is 6.30. The van der Waals surface area contributed by atoms with Crippen molar-refractivity contribution >= 4 is 22.4 Å². The quantitative estimate of drug-likeness (QED) is 0.396. The van der Waals surface area contributed by atoms with E-state index < -0.39 is 10.7 Å². The molecule has 10 heteroatoms. The lowest BCUT2D eigenvalue weighted by molar-refractivity contribution is -0.385. The van der Waals surface area contributed by atoms with E-state index in [0.717, 1.165) is 17.7 Å². The van der Waals surface area contributed by atoms with Crippen molar-refractivity contribution in [1.29, 1.82) is 0 Å². The number of halogens is 1. The van der Waals surface area contributed by atoms with Crippen LogP contribution in [-0.2, 0) is 13.7 Å². The number of nitro groups is 1. The Bertz CT molecular complexity index is 1310. The van der Waals surface area contributed by atoms with Crippen molar-refractivity contribution in [3.05, 3.63) is 74.1 Å². The van der Waals surface area contributed by atoms with E-state index in [1.165, 1.54) is 10.6 Å². The van der Waals surface area contributed by atoms with Crippen LogP contribution in [0.15, 0.2) is 41.2 Å². The summed E-state index contributed by atoms with van der Waals surface area (Å²) in [5, 5.41) is 19.3. The van der Waals surface area contributed by atoms with Gasteiger partial charge in [-0.25, -0.2) is 4.39 Å². The summed E-state index contributed by atoms with van der Waals surface area (Å²) >= 11 is 0. The number of aromatic nitrogens is 4. The minimum absolute atomic E-state index is 0.142. The van der Waals surface area contributed by atoms with E-state index >= 15 is 0 Å². The van der Waals surface area contributed by atoms with E-state index in [0.29, 0.717) is 22.5 Å². The monoisotopic (exact) mass is 383 g/mol. The summed E-state index contributed by atoms with van der Waals surface area (Å²) in [7, 11) is 1.59. The molecule has 0 aliphatic rings. The second kappa shape index (κ2) is 6.41. The molecule has 4 rings (SSSR count). The molecule has 0 N–H and O–H groups in total. The van der Waals surface area contributed by atoms with Gasteiger partial charge < -0.3 is 4.74 Å². The van der Waals surface area contributed by atoms with Gasteiger partial charge in [0.2, 0.25) is 5.78 Å². The van der Waals surface area contributed by atoms with Gasteiger partial charge in [-0.05, 0) is 25.1 Å². The Morgan fingerprint density at radius 2 is 2.00 bits per heavy atom. The average Bonchev–Trinajstić information content (AvgIpc) is 3.09. The first-order chi connectivity index (χ1) is 13.4. The fourth-order valence-electron chi connectivity index (χ4n) is 3.01.